The molecule has 24 heavy (non-hydrogen) atoms. The molecule has 2 aromatic rings. The maximum Gasteiger partial charge on any atom is 0.239 e. The van der Waals surface area contributed by atoms with Crippen molar-refractivity contribution in [1.29, 1.82) is 0 Å². The molecular formula is C20H24N2O2. The molecule has 2 amide bonds. The van der Waals surface area contributed by atoms with E-state index in [2.05, 4.69) is 34.9 Å². The molecule has 0 spiro atoms. The van der Waals surface area contributed by atoms with Crippen LogP contribution in [0.1, 0.15) is 38.3 Å². The van der Waals surface area contributed by atoms with E-state index >= 15 is 0 Å². The summed E-state index contributed by atoms with van der Waals surface area (Å²) in [5, 5.41) is 5.52. The lowest BCUT2D eigenvalue weighted by molar-refractivity contribution is -0.126. The topological polar surface area (TPSA) is 58.2 Å². The van der Waals surface area contributed by atoms with Gasteiger partial charge in [-0.1, -0.05) is 61.5 Å². The average Bonchev–Trinajstić information content (AvgIpc) is 2.61. The quantitative estimate of drug-likeness (QED) is 0.819. The normalized spacial score (nSPS) is 11.6. The molecule has 0 fully saturated rings. The van der Waals surface area contributed by atoms with Crippen molar-refractivity contribution < 1.29 is 9.59 Å². The maximum atomic E-state index is 11.9. The molecule has 126 valence electrons. The number of amides is 2. The van der Waals surface area contributed by atoms with Crippen LogP contribution in [-0.4, -0.2) is 18.4 Å². The third-order valence-corrected chi connectivity index (χ3v) is 3.82. The van der Waals surface area contributed by atoms with Crippen LogP contribution in [-0.2, 0) is 9.59 Å². The first-order chi connectivity index (χ1) is 11.6. The van der Waals surface area contributed by atoms with Gasteiger partial charge in [-0.2, -0.15) is 0 Å². The number of carbonyl (C=O) groups is 2. The zero-order valence-electron chi connectivity index (χ0n) is 14.2. The summed E-state index contributed by atoms with van der Waals surface area (Å²) in [6, 6.07) is 18.2. The van der Waals surface area contributed by atoms with E-state index in [0.717, 1.165) is 17.5 Å². The Morgan fingerprint density at radius 2 is 1.54 bits per heavy atom. The van der Waals surface area contributed by atoms with Gasteiger partial charge in [0.1, 0.15) is 0 Å². The Labute approximate surface area is 143 Å². The van der Waals surface area contributed by atoms with Crippen LogP contribution < -0.4 is 10.6 Å². The number of hydrogen-bond donors (Lipinski definition) is 2. The fourth-order valence-corrected chi connectivity index (χ4v) is 2.47. The summed E-state index contributed by atoms with van der Waals surface area (Å²) >= 11 is 0. The Balaban J connectivity index is 1.89. The summed E-state index contributed by atoms with van der Waals surface area (Å²) in [6.07, 6.45) is 1.22. The van der Waals surface area contributed by atoms with Crippen molar-refractivity contribution in [1.82, 2.24) is 10.6 Å². The molecule has 0 aromatic heterocycles. The van der Waals surface area contributed by atoms with Crippen molar-refractivity contribution in [3.05, 3.63) is 60.2 Å². The zero-order valence-corrected chi connectivity index (χ0v) is 14.2. The van der Waals surface area contributed by atoms with Crippen molar-refractivity contribution >= 4 is 11.8 Å². The molecule has 0 radical (unpaired) electrons. The van der Waals surface area contributed by atoms with Crippen LogP contribution in [0.2, 0.25) is 0 Å². The maximum absolute atomic E-state index is 11.9. The lowest BCUT2D eigenvalue weighted by Crippen LogP contribution is -2.37. The minimum atomic E-state index is -0.181. The molecular weight excluding hydrogens is 300 g/mol. The summed E-state index contributed by atoms with van der Waals surface area (Å²) < 4.78 is 0. The summed E-state index contributed by atoms with van der Waals surface area (Å²) in [6.45, 7) is 3.88. The van der Waals surface area contributed by atoms with Gasteiger partial charge in [-0.3, -0.25) is 9.59 Å². The van der Waals surface area contributed by atoms with E-state index in [0.29, 0.717) is 6.42 Å². The highest BCUT2D eigenvalue weighted by molar-refractivity contribution is 5.84. The number of rotatable bonds is 7. The number of carbonyl (C=O) groups excluding carboxylic acids is 2. The lowest BCUT2D eigenvalue weighted by atomic mass is 10.0. The van der Waals surface area contributed by atoms with Gasteiger partial charge in [-0.25, -0.2) is 0 Å². The first-order valence-electron chi connectivity index (χ1n) is 8.31. The minimum absolute atomic E-state index is 0.0191. The highest BCUT2D eigenvalue weighted by Crippen LogP contribution is 2.21. The van der Waals surface area contributed by atoms with Crippen molar-refractivity contribution in [3.63, 3.8) is 0 Å². The van der Waals surface area contributed by atoms with Crippen molar-refractivity contribution in [2.45, 2.75) is 32.7 Å². The largest absolute Gasteiger partial charge is 0.348 e. The Morgan fingerprint density at radius 3 is 2.17 bits per heavy atom. The number of nitrogens with one attached hydrogen (secondary N) is 2. The molecule has 4 heteroatoms. The third-order valence-electron chi connectivity index (χ3n) is 3.82. The second-order valence-corrected chi connectivity index (χ2v) is 5.80. The Hall–Kier alpha value is -2.62. The lowest BCUT2D eigenvalue weighted by Gasteiger charge is -2.15. The van der Waals surface area contributed by atoms with Crippen LogP contribution in [0.25, 0.3) is 11.1 Å². The van der Waals surface area contributed by atoms with E-state index in [-0.39, 0.29) is 24.4 Å². The smallest absolute Gasteiger partial charge is 0.239 e. The Morgan fingerprint density at radius 1 is 0.917 bits per heavy atom. The van der Waals surface area contributed by atoms with E-state index in [1.54, 1.807) is 0 Å². The molecule has 2 aromatic carbocycles. The molecule has 0 aliphatic rings. The second kappa shape index (κ2) is 8.87. The predicted octanol–water partition coefficient (Wildman–Crippen LogP) is 3.45. The van der Waals surface area contributed by atoms with Crippen LogP contribution in [0.5, 0.6) is 0 Å². The van der Waals surface area contributed by atoms with Crippen LogP contribution in [0.4, 0.5) is 0 Å². The molecule has 2 N–H and O–H groups in total. The van der Waals surface area contributed by atoms with Gasteiger partial charge >= 0.3 is 0 Å². The number of benzene rings is 2. The van der Waals surface area contributed by atoms with E-state index in [1.165, 1.54) is 5.56 Å². The zero-order chi connectivity index (χ0) is 17.4. The highest BCUT2D eigenvalue weighted by Gasteiger charge is 2.10. The van der Waals surface area contributed by atoms with Crippen LogP contribution in [0.15, 0.2) is 54.6 Å². The minimum Gasteiger partial charge on any atom is -0.348 e. The molecule has 4 nitrogen and oxygen atoms in total. The highest BCUT2D eigenvalue weighted by atomic mass is 16.2. The molecule has 0 heterocycles. The molecule has 0 aliphatic carbocycles. The number of hydrogen-bond acceptors (Lipinski definition) is 2. The van der Waals surface area contributed by atoms with Crippen LogP contribution in [0.3, 0.4) is 0 Å². The van der Waals surface area contributed by atoms with Crippen molar-refractivity contribution in [2.75, 3.05) is 6.54 Å². The first kappa shape index (κ1) is 17.7. The van der Waals surface area contributed by atoms with Gasteiger partial charge in [0.25, 0.3) is 0 Å². The van der Waals surface area contributed by atoms with E-state index in [4.69, 9.17) is 0 Å². The molecule has 0 saturated carbocycles. The molecule has 1 atom stereocenters. The van der Waals surface area contributed by atoms with E-state index in [9.17, 15) is 9.59 Å². The SMILES string of the molecule is CCCC(=O)NCC(=O)NC(C)c1ccc(-c2ccccc2)cc1. The van der Waals surface area contributed by atoms with Crippen LogP contribution in [0, 0.1) is 0 Å². The van der Waals surface area contributed by atoms with Crippen LogP contribution >= 0.6 is 0 Å². The summed E-state index contributed by atoms with van der Waals surface area (Å²) in [7, 11) is 0. The van der Waals surface area contributed by atoms with Gasteiger partial charge in [0.2, 0.25) is 11.8 Å². The molecule has 0 bridgehead atoms. The standard InChI is InChI=1S/C20H24N2O2/c1-3-7-19(23)21-14-20(24)22-15(2)16-10-12-18(13-11-16)17-8-5-4-6-9-17/h4-6,8-13,15H,3,7,14H2,1-2H3,(H,21,23)(H,22,24). The van der Waals surface area contributed by atoms with E-state index in [1.807, 2.05) is 44.2 Å². The third kappa shape index (κ3) is 5.23. The van der Waals surface area contributed by atoms with Gasteiger partial charge in [0.05, 0.1) is 12.6 Å². The van der Waals surface area contributed by atoms with Gasteiger partial charge in [0.15, 0.2) is 0 Å². The van der Waals surface area contributed by atoms with Gasteiger partial charge in [-0.05, 0) is 30.0 Å². The molecule has 1 unspecified atom stereocenters. The van der Waals surface area contributed by atoms with E-state index < -0.39 is 0 Å². The fourth-order valence-electron chi connectivity index (χ4n) is 2.47. The first-order valence-corrected chi connectivity index (χ1v) is 8.31. The summed E-state index contributed by atoms with van der Waals surface area (Å²) in [4.78, 5) is 23.3. The van der Waals surface area contributed by atoms with Gasteiger partial charge in [0, 0.05) is 6.42 Å². The van der Waals surface area contributed by atoms with Crippen molar-refractivity contribution in [3.8, 4) is 11.1 Å². The Bertz CT molecular complexity index is 666. The molecule has 2 rings (SSSR count). The molecule has 0 aliphatic heterocycles. The fraction of sp³-hybridized carbons (Fsp3) is 0.300. The molecule has 0 saturated heterocycles. The predicted molar refractivity (Wildman–Crippen MR) is 96.4 cm³/mol. The average molecular weight is 324 g/mol. The monoisotopic (exact) mass is 324 g/mol. The van der Waals surface area contributed by atoms with Crippen molar-refractivity contribution in [2.24, 2.45) is 0 Å². The summed E-state index contributed by atoms with van der Waals surface area (Å²) in [5.74, 6) is -0.272. The van der Waals surface area contributed by atoms with Gasteiger partial charge in [-0.15, -0.1) is 0 Å². The summed E-state index contributed by atoms with van der Waals surface area (Å²) in [5.41, 5.74) is 3.34. The Kier molecular flexibility index (Phi) is 6.55. The van der Waals surface area contributed by atoms with Gasteiger partial charge < -0.3 is 10.6 Å². The second-order valence-electron chi connectivity index (χ2n) is 5.80.